The van der Waals surface area contributed by atoms with Crippen molar-refractivity contribution in [2.75, 3.05) is 37.5 Å². The van der Waals surface area contributed by atoms with E-state index in [2.05, 4.69) is 20.6 Å². The summed E-state index contributed by atoms with van der Waals surface area (Å²) < 4.78 is 5.17. The predicted octanol–water partition coefficient (Wildman–Crippen LogP) is 2.07. The van der Waals surface area contributed by atoms with Crippen LogP contribution in [0.15, 0.2) is 24.4 Å². The fourth-order valence-corrected chi connectivity index (χ4v) is 3.52. The molecule has 1 fully saturated rings. The smallest absolute Gasteiger partial charge is 0.256 e. The molecule has 28 heavy (non-hydrogen) atoms. The molecule has 3 N–H and O–H groups in total. The van der Waals surface area contributed by atoms with Crippen LogP contribution in [-0.4, -0.2) is 54.3 Å². The average molecular weight is 406 g/mol. The molecular weight excluding hydrogens is 382 g/mol. The topological polar surface area (TPSA) is 99.6 Å². The monoisotopic (exact) mass is 405 g/mol. The highest BCUT2D eigenvalue weighted by Crippen LogP contribution is 2.27. The van der Waals surface area contributed by atoms with E-state index < -0.39 is 0 Å². The van der Waals surface area contributed by atoms with Crippen molar-refractivity contribution < 1.29 is 14.6 Å². The summed E-state index contributed by atoms with van der Waals surface area (Å²) >= 11 is 6.19. The number of aliphatic hydroxyl groups is 1. The maximum Gasteiger partial charge on any atom is 0.256 e. The third-order valence-electron chi connectivity index (χ3n) is 4.77. The highest BCUT2D eigenvalue weighted by atomic mass is 35.5. The molecule has 1 aliphatic heterocycles. The van der Waals surface area contributed by atoms with E-state index in [4.69, 9.17) is 16.3 Å². The third kappa shape index (κ3) is 4.28. The summed E-state index contributed by atoms with van der Waals surface area (Å²) in [6, 6.07) is 5.48. The summed E-state index contributed by atoms with van der Waals surface area (Å²) in [5, 5.41) is 15.9. The Labute approximate surface area is 168 Å². The summed E-state index contributed by atoms with van der Waals surface area (Å²) in [4.78, 5) is 23.1. The molecule has 1 aliphatic rings. The Balaban J connectivity index is 1.85. The lowest BCUT2D eigenvalue weighted by molar-refractivity contribution is 0.0963. The average Bonchev–Trinajstić information content (AvgIpc) is 3.20. The SMILES string of the molecule is CNC(=O)c1cnc(N2CCC[C@H]2CO)nc1NCc1ccc(OC)c(Cl)c1. The molecule has 1 atom stereocenters. The minimum Gasteiger partial charge on any atom is -0.495 e. The van der Waals surface area contributed by atoms with E-state index in [0.717, 1.165) is 24.9 Å². The maximum atomic E-state index is 12.2. The van der Waals surface area contributed by atoms with Crippen molar-refractivity contribution in [2.24, 2.45) is 0 Å². The molecule has 0 spiro atoms. The van der Waals surface area contributed by atoms with Crippen LogP contribution in [0.3, 0.4) is 0 Å². The second-order valence-electron chi connectivity index (χ2n) is 6.51. The van der Waals surface area contributed by atoms with E-state index in [0.29, 0.717) is 34.6 Å². The fraction of sp³-hybridized carbons (Fsp3) is 0.421. The number of nitrogens with one attached hydrogen (secondary N) is 2. The summed E-state index contributed by atoms with van der Waals surface area (Å²) in [5.74, 6) is 1.26. The lowest BCUT2D eigenvalue weighted by atomic mass is 10.2. The standard InChI is InChI=1S/C19H24ClN5O3/c1-21-18(27)14-10-23-19(25-7-3-4-13(25)11-26)24-17(14)22-9-12-5-6-16(28-2)15(20)8-12/h5-6,8,10,13,26H,3-4,7,9,11H2,1-2H3,(H,21,27)(H,22,23,24)/t13-/m0/s1. The molecular formula is C19H24ClN5O3. The molecule has 1 aromatic heterocycles. The molecule has 0 bridgehead atoms. The van der Waals surface area contributed by atoms with E-state index in [1.54, 1.807) is 26.3 Å². The van der Waals surface area contributed by atoms with Crippen molar-refractivity contribution in [1.82, 2.24) is 15.3 Å². The van der Waals surface area contributed by atoms with Crippen molar-refractivity contribution in [3.63, 3.8) is 0 Å². The van der Waals surface area contributed by atoms with Crippen LogP contribution in [0.5, 0.6) is 5.75 Å². The van der Waals surface area contributed by atoms with Gasteiger partial charge in [0.05, 0.1) is 24.8 Å². The molecule has 150 valence electrons. The van der Waals surface area contributed by atoms with Crippen molar-refractivity contribution in [3.8, 4) is 5.75 Å². The van der Waals surface area contributed by atoms with Gasteiger partial charge in [-0.05, 0) is 30.5 Å². The molecule has 1 aromatic carbocycles. The molecule has 0 radical (unpaired) electrons. The summed E-state index contributed by atoms with van der Waals surface area (Å²) in [7, 11) is 3.13. The summed E-state index contributed by atoms with van der Waals surface area (Å²) in [6.45, 7) is 1.25. The zero-order valence-electron chi connectivity index (χ0n) is 15.9. The van der Waals surface area contributed by atoms with Gasteiger partial charge in [-0.1, -0.05) is 17.7 Å². The fourth-order valence-electron chi connectivity index (χ4n) is 3.24. The Morgan fingerprint density at radius 2 is 2.29 bits per heavy atom. The van der Waals surface area contributed by atoms with Gasteiger partial charge in [-0.15, -0.1) is 0 Å². The number of carbonyl (C=O) groups is 1. The van der Waals surface area contributed by atoms with E-state index in [-0.39, 0.29) is 18.6 Å². The van der Waals surface area contributed by atoms with Crippen molar-refractivity contribution in [2.45, 2.75) is 25.4 Å². The Hall–Kier alpha value is -2.58. The molecule has 2 aromatic rings. The number of aliphatic hydroxyl groups excluding tert-OH is 1. The van der Waals surface area contributed by atoms with E-state index >= 15 is 0 Å². The van der Waals surface area contributed by atoms with E-state index in [1.807, 2.05) is 11.0 Å². The molecule has 2 heterocycles. The van der Waals surface area contributed by atoms with Crippen LogP contribution in [0.2, 0.25) is 5.02 Å². The first kappa shape index (κ1) is 20.2. The number of nitrogens with zero attached hydrogens (tertiary/aromatic N) is 3. The molecule has 1 saturated heterocycles. The van der Waals surface area contributed by atoms with Crippen LogP contribution < -0.4 is 20.3 Å². The zero-order chi connectivity index (χ0) is 20.1. The number of aromatic nitrogens is 2. The lowest BCUT2D eigenvalue weighted by Crippen LogP contribution is -2.34. The van der Waals surface area contributed by atoms with Crippen LogP contribution in [0.4, 0.5) is 11.8 Å². The third-order valence-corrected chi connectivity index (χ3v) is 5.06. The normalized spacial score (nSPS) is 16.1. The van der Waals surface area contributed by atoms with Gasteiger partial charge in [0, 0.05) is 26.3 Å². The van der Waals surface area contributed by atoms with Crippen LogP contribution in [0.25, 0.3) is 0 Å². The van der Waals surface area contributed by atoms with Crippen LogP contribution >= 0.6 is 11.6 Å². The number of benzene rings is 1. The molecule has 8 nitrogen and oxygen atoms in total. The van der Waals surface area contributed by atoms with Gasteiger partial charge in [-0.3, -0.25) is 4.79 Å². The van der Waals surface area contributed by atoms with Gasteiger partial charge in [-0.25, -0.2) is 4.98 Å². The van der Waals surface area contributed by atoms with Gasteiger partial charge in [0.1, 0.15) is 17.1 Å². The number of methoxy groups -OCH3 is 1. The van der Waals surface area contributed by atoms with Gasteiger partial charge in [0.15, 0.2) is 0 Å². The number of halogens is 1. The molecule has 0 aliphatic carbocycles. The maximum absolute atomic E-state index is 12.2. The highest BCUT2D eigenvalue weighted by molar-refractivity contribution is 6.32. The predicted molar refractivity (Wildman–Crippen MR) is 108 cm³/mol. The second-order valence-corrected chi connectivity index (χ2v) is 6.91. The first-order valence-corrected chi connectivity index (χ1v) is 9.48. The Morgan fingerprint density at radius 3 is 2.96 bits per heavy atom. The molecule has 1 amide bonds. The lowest BCUT2D eigenvalue weighted by Gasteiger charge is -2.23. The summed E-state index contributed by atoms with van der Waals surface area (Å²) in [6.07, 6.45) is 3.38. The van der Waals surface area contributed by atoms with Gasteiger partial charge in [-0.2, -0.15) is 4.98 Å². The Morgan fingerprint density at radius 1 is 1.46 bits per heavy atom. The largest absolute Gasteiger partial charge is 0.495 e. The van der Waals surface area contributed by atoms with Crippen molar-refractivity contribution >= 4 is 29.3 Å². The minimum atomic E-state index is -0.276. The highest BCUT2D eigenvalue weighted by Gasteiger charge is 2.27. The van der Waals surface area contributed by atoms with Crippen molar-refractivity contribution in [1.29, 1.82) is 0 Å². The molecule has 9 heteroatoms. The first-order chi connectivity index (χ1) is 13.6. The van der Waals surface area contributed by atoms with Gasteiger partial charge < -0.3 is 25.4 Å². The Bertz CT molecular complexity index is 848. The molecule has 0 unspecified atom stereocenters. The second kappa shape index (κ2) is 9.07. The summed E-state index contributed by atoms with van der Waals surface area (Å²) in [5.41, 5.74) is 1.27. The van der Waals surface area contributed by atoms with E-state index in [9.17, 15) is 9.90 Å². The Kier molecular flexibility index (Phi) is 6.53. The van der Waals surface area contributed by atoms with Gasteiger partial charge in [0.25, 0.3) is 5.91 Å². The zero-order valence-corrected chi connectivity index (χ0v) is 16.7. The van der Waals surface area contributed by atoms with Crippen LogP contribution in [0, 0.1) is 0 Å². The molecule has 3 rings (SSSR count). The number of amides is 1. The number of rotatable bonds is 7. The first-order valence-electron chi connectivity index (χ1n) is 9.10. The number of anilines is 2. The van der Waals surface area contributed by atoms with Gasteiger partial charge in [0.2, 0.25) is 5.95 Å². The molecule has 0 saturated carbocycles. The number of carbonyl (C=O) groups excluding carboxylic acids is 1. The quantitative estimate of drug-likeness (QED) is 0.648. The minimum absolute atomic E-state index is 0.000837. The van der Waals surface area contributed by atoms with Crippen molar-refractivity contribution in [3.05, 3.63) is 40.5 Å². The number of hydrogen-bond donors (Lipinski definition) is 3. The van der Waals surface area contributed by atoms with Crippen LogP contribution in [0.1, 0.15) is 28.8 Å². The van der Waals surface area contributed by atoms with E-state index in [1.165, 1.54) is 6.20 Å². The van der Waals surface area contributed by atoms with Gasteiger partial charge >= 0.3 is 0 Å². The number of hydrogen-bond acceptors (Lipinski definition) is 7. The van der Waals surface area contributed by atoms with Crippen LogP contribution in [-0.2, 0) is 6.54 Å². The number of ether oxygens (including phenoxy) is 1.